The molecule has 1 aromatic rings. The minimum atomic E-state index is 0.455. The van der Waals surface area contributed by atoms with Crippen molar-refractivity contribution in [1.29, 1.82) is 0 Å². The van der Waals surface area contributed by atoms with E-state index in [-0.39, 0.29) is 0 Å². The number of rotatable bonds is 2. The lowest BCUT2D eigenvalue weighted by Gasteiger charge is -2.37. The van der Waals surface area contributed by atoms with Crippen LogP contribution in [0, 0.1) is 0 Å². The van der Waals surface area contributed by atoms with Crippen LogP contribution in [0.5, 0.6) is 0 Å². The molecular weight excluding hydrogens is 202 g/mol. The van der Waals surface area contributed by atoms with Crippen LogP contribution in [-0.2, 0) is 0 Å². The Labute approximate surface area is 96.2 Å². The van der Waals surface area contributed by atoms with Crippen molar-refractivity contribution in [3.05, 3.63) is 18.0 Å². The summed E-state index contributed by atoms with van der Waals surface area (Å²) in [6, 6.07) is 2.46. The number of hydrazine groups is 1. The predicted molar refractivity (Wildman–Crippen MR) is 60.6 cm³/mol. The Bertz CT molecular complexity index is 319. The number of aromatic nitrogens is 1. The zero-order valence-electron chi connectivity index (χ0n) is 9.64. The maximum atomic E-state index is 4.97. The third-order valence-corrected chi connectivity index (χ3v) is 3.72. The molecule has 0 radical (unpaired) electrons. The summed E-state index contributed by atoms with van der Waals surface area (Å²) in [4.78, 5) is 0. The standard InChI is InChI=1S/C12H19N3O/c1-2-7-14(8-3-1)15-9-4-5-12(15)11-6-10-16-13-11/h6,10,12H,1-5,7-9H2. The molecule has 0 aliphatic carbocycles. The fraction of sp³-hybridized carbons (Fsp3) is 0.750. The van der Waals surface area contributed by atoms with Crippen LogP contribution in [-0.4, -0.2) is 34.8 Å². The van der Waals surface area contributed by atoms with Gasteiger partial charge in [-0.05, 0) is 25.7 Å². The van der Waals surface area contributed by atoms with Crippen LogP contribution in [0.1, 0.15) is 43.8 Å². The van der Waals surface area contributed by atoms with Gasteiger partial charge in [0.15, 0.2) is 0 Å². The molecule has 2 saturated heterocycles. The summed E-state index contributed by atoms with van der Waals surface area (Å²) in [5.41, 5.74) is 1.10. The molecule has 0 amide bonds. The highest BCUT2D eigenvalue weighted by atomic mass is 16.5. The van der Waals surface area contributed by atoms with Crippen LogP contribution in [0.3, 0.4) is 0 Å². The van der Waals surface area contributed by atoms with Crippen molar-refractivity contribution >= 4 is 0 Å². The minimum Gasteiger partial charge on any atom is -0.364 e. The van der Waals surface area contributed by atoms with E-state index in [0.717, 1.165) is 5.69 Å². The van der Waals surface area contributed by atoms with Gasteiger partial charge in [-0.15, -0.1) is 0 Å². The van der Waals surface area contributed by atoms with Crippen LogP contribution in [0.2, 0.25) is 0 Å². The topological polar surface area (TPSA) is 32.5 Å². The van der Waals surface area contributed by atoms with E-state index >= 15 is 0 Å². The van der Waals surface area contributed by atoms with Gasteiger partial charge in [0.1, 0.15) is 12.0 Å². The third-order valence-electron chi connectivity index (χ3n) is 3.72. The number of hydrogen-bond donors (Lipinski definition) is 0. The van der Waals surface area contributed by atoms with E-state index < -0.39 is 0 Å². The highest BCUT2D eigenvalue weighted by Gasteiger charge is 2.32. The first kappa shape index (κ1) is 10.3. The van der Waals surface area contributed by atoms with Gasteiger partial charge in [-0.3, -0.25) is 0 Å². The third kappa shape index (κ3) is 1.87. The van der Waals surface area contributed by atoms with Gasteiger partial charge in [-0.1, -0.05) is 11.6 Å². The molecule has 3 heterocycles. The van der Waals surface area contributed by atoms with Gasteiger partial charge in [0.25, 0.3) is 0 Å². The Morgan fingerprint density at radius 1 is 1.12 bits per heavy atom. The molecule has 2 aliphatic rings. The van der Waals surface area contributed by atoms with E-state index in [1.807, 2.05) is 6.07 Å². The SMILES string of the molecule is c1cc(C2CCCN2N2CCCCC2)no1. The second-order valence-corrected chi connectivity index (χ2v) is 4.76. The highest BCUT2D eigenvalue weighted by Crippen LogP contribution is 2.33. The average molecular weight is 221 g/mol. The van der Waals surface area contributed by atoms with E-state index in [2.05, 4.69) is 15.2 Å². The minimum absolute atomic E-state index is 0.455. The second-order valence-electron chi connectivity index (χ2n) is 4.76. The number of hydrogen-bond acceptors (Lipinski definition) is 4. The van der Waals surface area contributed by atoms with Gasteiger partial charge in [0, 0.05) is 25.7 Å². The molecule has 2 aliphatic heterocycles. The van der Waals surface area contributed by atoms with Gasteiger partial charge >= 0.3 is 0 Å². The fourth-order valence-electron chi connectivity index (χ4n) is 2.92. The van der Waals surface area contributed by atoms with Crippen LogP contribution < -0.4 is 0 Å². The summed E-state index contributed by atoms with van der Waals surface area (Å²) in [7, 11) is 0. The monoisotopic (exact) mass is 221 g/mol. The molecule has 0 N–H and O–H groups in total. The molecule has 88 valence electrons. The Hall–Kier alpha value is -0.870. The van der Waals surface area contributed by atoms with Gasteiger partial charge in [0.2, 0.25) is 0 Å². The zero-order valence-corrected chi connectivity index (χ0v) is 9.64. The smallest absolute Gasteiger partial charge is 0.124 e. The van der Waals surface area contributed by atoms with Gasteiger partial charge in [-0.25, -0.2) is 10.0 Å². The first-order chi connectivity index (χ1) is 7.95. The summed E-state index contributed by atoms with van der Waals surface area (Å²) in [5, 5.41) is 9.13. The summed E-state index contributed by atoms with van der Waals surface area (Å²) in [5.74, 6) is 0. The van der Waals surface area contributed by atoms with Crippen molar-refractivity contribution in [1.82, 2.24) is 15.2 Å². The molecule has 0 saturated carbocycles. The maximum absolute atomic E-state index is 4.97. The molecule has 1 aromatic heterocycles. The molecule has 1 atom stereocenters. The zero-order chi connectivity index (χ0) is 10.8. The number of piperidine rings is 1. The van der Waals surface area contributed by atoms with E-state index in [1.165, 1.54) is 51.7 Å². The van der Waals surface area contributed by atoms with Crippen LogP contribution in [0.25, 0.3) is 0 Å². The second kappa shape index (κ2) is 4.55. The molecular formula is C12H19N3O. The van der Waals surface area contributed by atoms with E-state index in [1.54, 1.807) is 6.26 Å². The fourth-order valence-corrected chi connectivity index (χ4v) is 2.92. The maximum Gasteiger partial charge on any atom is 0.124 e. The lowest BCUT2D eigenvalue weighted by atomic mass is 10.1. The summed E-state index contributed by atoms with van der Waals surface area (Å²) in [6.45, 7) is 3.61. The lowest BCUT2D eigenvalue weighted by molar-refractivity contribution is -0.0525. The normalized spacial score (nSPS) is 28.6. The van der Waals surface area contributed by atoms with E-state index in [0.29, 0.717) is 6.04 Å². The molecule has 4 heteroatoms. The molecule has 3 rings (SSSR count). The molecule has 1 unspecified atom stereocenters. The van der Waals surface area contributed by atoms with Crippen LogP contribution in [0.15, 0.2) is 16.9 Å². The van der Waals surface area contributed by atoms with E-state index in [9.17, 15) is 0 Å². The highest BCUT2D eigenvalue weighted by molar-refractivity contribution is 5.05. The van der Waals surface area contributed by atoms with Gasteiger partial charge in [-0.2, -0.15) is 0 Å². The van der Waals surface area contributed by atoms with Crippen molar-refractivity contribution < 1.29 is 4.52 Å². The average Bonchev–Trinajstić information content (AvgIpc) is 3.01. The molecule has 0 bridgehead atoms. The Kier molecular flexibility index (Phi) is 2.93. The van der Waals surface area contributed by atoms with Crippen molar-refractivity contribution in [2.75, 3.05) is 19.6 Å². The Morgan fingerprint density at radius 3 is 2.75 bits per heavy atom. The number of nitrogens with zero attached hydrogens (tertiary/aromatic N) is 3. The van der Waals surface area contributed by atoms with E-state index in [4.69, 9.17) is 4.52 Å². The van der Waals surface area contributed by atoms with Crippen molar-refractivity contribution in [2.24, 2.45) is 0 Å². The Morgan fingerprint density at radius 2 is 2.00 bits per heavy atom. The first-order valence-electron chi connectivity index (χ1n) is 6.37. The van der Waals surface area contributed by atoms with Gasteiger partial charge < -0.3 is 4.52 Å². The van der Waals surface area contributed by atoms with Gasteiger partial charge in [0.05, 0.1) is 6.04 Å². The van der Waals surface area contributed by atoms with Crippen molar-refractivity contribution in [3.8, 4) is 0 Å². The molecule has 0 spiro atoms. The molecule has 4 nitrogen and oxygen atoms in total. The quantitative estimate of drug-likeness (QED) is 0.766. The first-order valence-corrected chi connectivity index (χ1v) is 6.37. The summed E-state index contributed by atoms with van der Waals surface area (Å²) < 4.78 is 4.97. The van der Waals surface area contributed by atoms with Crippen LogP contribution >= 0.6 is 0 Å². The molecule has 0 aromatic carbocycles. The molecule has 2 fully saturated rings. The Balaban J connectivity index is 1.73. The largest absolute Gasteiger partial charge is 0.364 e. The summed E-state index contributed by atoms with van der Waals surface area (Å²) in [6.07, 6.45) is 8.22. The van der Waals surface area contributed by atoms with Crippen molar-refractivity contribution in [3.63, 3.8) is 0 Å². The molecule has 16 heavy (non-hydrogen) atoms. The predicted octanol–water partition coefficient (Wildman–Crippen LogP) is 2.21. The van der Waals surface area contributed by atoms with Crippen LogP contribution in [0.4, 0.5) is 0 Å². The van der Waals surface area contributed by atoms with Crippen molar-refractivity contribution in [2.45, 2.75) is 38.1 Å². The summed E-state index contributed by atoms with van der Waals surface area (Å²) >= 11 is 0. The lowest BCUT2D eigenvalue weighted by Crippen LogP contribution is -2.45.